The molecule has 1 aromatic heterocycles. The van der Waals surface area contributed by atoms with E-state index in [0.29, 0.717) is 11.6 Å². The maximum atomic E-state index is 5.44. The van der Waals surface area contributed by atoms with Crippen LogP contribution in [-0.2, 0) is 0 Å². The van der Waals surface area contributed by atoms with Crippen LogP contribution in [0.25, 0.3) is 0 Å². The Morgan fingerprint density at radius 1 is 1.00 bits per heavy atom. The molecule has 2 rings (SSSR count). The summed E-state index contributed by atoms with van der Waals surface area (Å²) in [4.78, 5) is 8.57. The van der Waals surface area contributed by atoms with Gasteiger partial charge < -0.3 is 19.5 Å². The number of hydrogen-bond donors (Lipinski definition) is 1. The molecule has 1 unspecified atom stereocenters. The Balaban J connectivity index is 2.55. The van der Waals surface area contributed by atoms with Crippen LogP contribution in [0.2, 0.25) is 0 Å². The summed E-state index contributed by atoms with van der Waals surface area (Å²) in [6, 6.07) is 5.40. The number of aromatic nitrogens is 2. The average Bonchev–Trinajstić information content (AvgIpc) is 2.55. The van der Waals surface area contributed by atoms with E-state index in [4.69, 9.17) is 14.2 Å². The Bertz CT molecular complexity index is 604. The summed E-state index contributed by atoms with van der Waals surface area (Å²) in [7, 11) is 6.68. The van der Waals surface area contributed by atoms with E-state index in [1.54, 1.807) is 33.7 Å². The van der Waals surface area contributed by atoms with Gasteiger partial charge in [0.05, 0.1) is 27.4 Å². The van der Waals surface area contributed by atoms with Crippen LogP contribution in [-0.4, -0.2) is 38.3 Å². The molecular weight excluding hydrogens is 270 g/mol. The number of benzene rings is 1. The second-order valence-electron chi connectivity index (χ2n) is 4.28. The molecule has 0 aliphatic carbocycles. The van der Waals surface area contributed by atoms with Gasteiger partial charge in [0.15, 0.2) is 0 Å². The van der Waals surface area contributed by atoms with E-state index >= 15 is 0 Å². The summed E-state index contributed by atoms with van der Waals surface area (Å²) in [5.41, 5.74) is 1.59. The van der Waals surface area contributed by atoms with Crippen molar-refractivity contribution >= 4 is 0 Å². The zero-order valence-corrected chi connectivity index (χ0v) is 12.6. The molecule has 1 N–H and O–H groups in total. The molecule has 0 fully saturated rings. The molecule has 6 nitrogen and oxygen atoms in total. The fourth-order valence-corrected chi connectivity index (χ4v) is 2.20. The molecule has 0 saturated heterocycles. The normalized spacial score (nSPS) is 11.8. The van der Waals surface area contributed by atoms with E-state index in [0.717, 1.165) is 17.1 Å². The number of ether oxygens (including phenoxy) is 3. The monoisotopic (exact) mass is 289 g/mol. The van der Waals surface area contributed by atoms with Gasteiger partial charge in [0, 0.05) is 18.0 Å². The van der Waals surface area contributed by atoms with Crippen LogP contribution in [0.5, 0.6) is 17.4 Å². The molecule has 21 heavy (non-hydrogen) atoms. The lowest BCUT2D eigenvalue weighted by Gasteiger charge is -2.20. The van der Waals surface area contributed by atoms with Gasteiger partial charge in [-0.25, -0.2) is 4.98 Å². The highest BCUT2D eigenvalue weighted by Gasteiger charge is 2.23. The average molecular weight is 289 g/mol. The maximum Gasteiger partial charge on any atom is 0.237 e. The van der Waals surface area contributed by atoms with Crippen LogP contribution in [0.15, 0.2) is 30.6 Å². The Morgan fingerprint density at radius 3 is 2.38 bits per heavy atom. The quantitative estimate of drug-likeness (QED) is 0.875. The van der Waals surface area contributed by atoms with Crippen molar-refractivity contribution in [3.05, 3.63) is 41.9 Å². The third kappa shape index (κ3) is 3.05. The second-order valence-corrected chi connectivity index (χ2v) is 4.28. The lowest BCUT2D eigenvalue weighted by molar-refractivity contribution is 0.378. The number of nitrogens with one attached hydrogen (secondary N) is 1. The standard InChI is InChI=1S/C15H19N3O3/c1-16-13(14-15(21-4)18-8-7-17-14)11-9-10(19-2)5-6-12(11)20-3/h5-9,13,16H,1-4H3. The smallest absolute Gasteiger partial charge is 0.237 e. The Labute approximate surface area is 124 Å². The maximum absolute atomic E-state index is 5.44. The molecule has 0 spiro atoms. The lowest BCUT2D eigenvalue weighted by atomic mass is 10.0. The van der Waals surface area contributed by atoms with E-state index in [-0.39, 0.29) is 6.04 Å². The second kappa shape index (κ2) is 6.90. The van der Waals surface area contributed by atoms with E-state index < -0.39 is 0 Å². The van der Waals surface area contributed by atoms with Crippen molar-refractivity contribution in [2.75, 3.05) is 28.4 Å². The molecule has 0 saturated carbocycles. The largest absolute Gasteiger partial charge is 0.497 e. The molecule has 2 aromatic rings. The third-order valence-electron chi connectivity index (χ3n) is 3.19. The number of rotatable bonds is 6. The molecule has 0 radical (unpaired) electrons. The highest BCUT2D eigenvalue weighted by Crippen LogP contribution is 2.34. The SMILES string of the molecule is CNC(c1cc(OC)ccc1OC)c1nccnc1OC. The number of methoxy groups -OCH3 is 3. The summed E-state index contributed by atoms with van der Waals surface area (Å²) in [5, 5.41) is 3.22. The van der Waals surface area contributed by atoms with Gasteiger partial charge in [0.2, 0.25) is 5.88 Å². The molecular formula is C15H19N3O3. The molecule has 6 heteroatoms. The van der Waals surface area contributed by atoms with E-state index in [9.17, 15) is 0 Å². The summed E-state index contributed by atoms with van der Waals surface area (Å²) in [5.74, 6) is 1.96. The molecule has 0 amide bonds. The number of hydrogen-bond acceptors (Lipinski definition) is 6. The topological polar surface area (TPSA) is 65.5 Å². The van der Waals surface area contributed by atoms with Gasteiger partial charge in [-0.1, -0.05) is 0 Å². The van der Waals surface area contributed by atoms with Crippen LogP contribution in [0.1, 0.15) is 17.3 Å². The minimum atomic E-state index is -0.223. The highest BCUT2D eigenvalue weighted by molar-refractivity contribution is 5.46. The Hall–Kier alpha value is -2.34. The first-order chi connectivity index (χ1) is 10.2. The highest BCUT2D eigenvalue weighted by atomic mass is 16.5. The zero-order valence-electron chi connectivity index (χ0n) is 12.6. The van der Waals surface area contributed by atoms with Gasteiger partial charge >= 0.3 is 0 Å². The van der Waals surface area contributed by atoms with Crippen LogP contribution in [0.3, 0.4) is 0 Å². The fraction of sp³-hybridized carbons (Fsp3) is 0.333. The predicted octanol–water partition coefficient (Wildman–Crippen LogP) is 1.81. The van der Waals surface area contributed by atoms with Crippen molar-refractivity contribution < 1.29 is 14.2 Å². The molecule has 1 atom stereocenters. The minimum Gasteiger partial charge on any atom is -0.497 e. The molecule has 1 heterocycles. The molecule has 0 aliphatic rings. The first kappa shape index (κ1) is 15.1. The van der Waals surface area contributed by atoms with Crippen LogP contribution >= 0.6 is 0 Å². The summed E-state index contributed by atoms with van der Waals surface area (Å²) in [6.07, 6.45) is 3.23. The lowest BCUT2D eigenvalue weighted by Crippen LogP contribution is -2.21. The van der Waals surface area contributed by atoms with E-state index in [1.165, 1.54) is 0 Å². The van der Waals surface area contributed by atoms with Crippen molar-refractivity contribution in [3.8, 4) is 17.4 Å². The van der Waals surface area contributed by atoms with Crippen molar-refractivity contribution in [2.24, 2.45) is 0 Å². The van der Waals surface area contributed by atoms with Crippen LogP contribution in [0.4, 0.5) is 0 Å². The molecule has 112 valence electrons. The summed E-state index contributed by atoms with van der Waals surface area (Å²) < 4.78 is 16.0. The Morgan fingerprint density at radius 2 is 1.76 bits per heavy atom. The van der Waals surface area contributed by atoms with Crippen molar-refractivity contribution in [1.29, 1.82) is 0 Å². The molecule has 1 aromatic carbocycles. The minimum absolute atomic E-state index is 0.223. The summed E-state index contributed by atoms with van der Waals surface area (Å²) >= 11 is 0. The van der Waals surface area contributed by atoms with Gasteiger partial charge in [0.25, 0.3) is 0 Å². The van der Waals surface area contributed by atoms with Crippen molar-refractivity contribution in [2.45, 2.75) is 6.04 Å². The van der Waals surface area contributed by atoms with Crippen molar-refractivity contribution in [3.63, 3.8) is 0 Å². The van der Waals surface area contributed by atoms with Crippen molar-refractivity contribution in [1.82, 2.24) is 15.3 Å². The van der Waals surface area contributed by atoms with Gasteiger partial charge in [-0.3, -0.25) is 4.98 Å². The van der Waals surface area contributed by atoms with Gasteiger partial charge in [-0.2, -0.15) is 0 Å². The predicted molar refractivity (Wildman–Crippen MR) is 79.0 cm³/mol. The Kier molecular flexibility index (Phi) is 4.94. The molecule has 0 bridgehead atoms. The first-order valence-electron chi connectivity index (χ1n) is 6.49. The van der Waals surface area contributed by atoms with Gasteiger partial charge in [0.1, 0.15) is 17.2 Å². The molecule has 0 aliphatic heterocycles. The zero-order chi connectivity index (χ0) is 15.2. The fourth-order valence-electron chi connectivity index (χ4n) is 2.20. The number of nitrogens with zero attached hydrogens (tertiary/aromatic N) is 2. The first-order valence-corrected chi connectivity index (χ1v) is 6.49. The van der Waals surface area contributed by atoms with E-state index in [1.807, 2.05) is 25.2 Å². The third-order valence-corrected chi connectivity index (χ3v) is 3.19. The van der Waals surface area contributed by atoms with Gasteiger partial charge in [-0.05, 0) is 25.2 Å². The van der Waals surface area contributed by atoms with E-state index in [2.05, 4.69) is 15.3 Å². The van der Waals surface area contributed by atoms with Gasteiger partial charge in [-0.15, -0.1) is 0 Å². The summed E-state index contributed by atoms with van der Waals surface area (Å²) in [6.45, 7) is 0. The van der Waals surface area contributed by atoms with Crippen LogP contribution in [0, 0.1) is 0 Å². The van der Waals surface area contributed by atoms with Crippen LogP contribution < -0.4 is 19.5 Å².